The summed E-state index contributed by atoms with van der Waals surface area (Å²) in [6.45, 7) is 0. The predicted molar refractivity (Wildman–Crippen MR) is 74.7 cm³/mol. The summed E-state index contributed by atoms with van der Waals surface area (Å²) in [4.78, 5) is 20.8. The molecule has 3 aromatic rings. The van der Waals surface area contributed by atoms with Crippen molar-refractivity contribution in [2.24, 2.45) is 0 Å². The molecule has 2 heterocycles. The highest BCUT2D eigenvalue weighted by atomic mass is 16.6. The van der Waals surface area contributed by atoms with E-state index < -0.39 is 4.92 Å². The van der Waals surface area contributed by atoms with Gasteiger partial charge in [-0.05, 0) is 24.3 Å². The molecule has 20 heavy (non-hydrogen) atoms. The van der Waals surface area contributed by atoms with Gasteiger partial charge in [-0.3, -0.25) is 10.1 Å². The fourth-order valence-corrected chi connectivity index (χ4v) is 1.85. The van der Waals surface area contributed by atoms with Gasteiger partial charge in [0.15, 0.2) is 0 Å². The Morgan fingerprint density at radius 1 is 1.35 bits per heavy atom. The van der Waals surface area contributed by atoms with Gasteiger partial charge in [-0.15, -0.1) is 0 Å². The third-order valence-electron chi connectivity index (χ3n) is 2.80. The molecule has 0 fully saturated rings. The lowest BCUT2D eigenvalue weighted by Gasteiger charge is -2.05. The first-order chi connectivity index (χ1) is 9.63. The Labute approximate surface area is 112 Å². The van der Waals surface area contributed by atoms with Crippen molar-refractivity contribution >= 4 is 34.0 Å². The number of fused-ring (bicyclic) bond motifs is 1. The van der Waals surface area contributed by atoms with Crippen LogP contribution in [0, 0.1) is 10.1 Å². The molecular formula is C12H10N6O2. The minimum atomic E-state index is -0.620. The van der Waals surface area contributed by atoms with Gasteiger partial charge in [0.25, 0.3) is 0 Å². The van der Waals surface area contributed by atoms with Gasteiger partial charge in [0.2, 0.25) is 11.8 Å². The van der Waals surface area contributed by atoms with Crippen molar-refractivity contribution in [1.29, 1.82) is 0 Å². The molecular weight excluding hydrogens is 260 g/mol. The van der Waals surface area contributed by atoms with Gasteiger partial charge < -0.3 is 16.0 Å². The zero-order valence-electron chi connectivity index (χ0n) is 10.2. The van der Waals surface area contributed by atoms with Gasteiger partial charge in [-0.2, -0.15) is 4.98 Å². The third-order valence-corrected chi connectivity index (χ3v) is 2.80. The van der Waals surface area contributed by atoms with Crippen LogP contribution < -0.4 is 11.1 Å². The summed E-state index contributed by atoms with van der Waals surface area (Å²) in [6, 6.07) is 7.60. The Bertz CT molecular complexity index is 797. The minimum absolute atomic E-state index is 0.171. The van der Waals surface area contributed by atoms with E-state index in [0.29, 0.717) is 0 Å². The van der Waals surface area contributed by atoms with Crippen LogP contribution in [0.15, 0.2) is 36.7 Å². The van der Waals surface area contributed by atoms with Gasteiger partial charge in [-0.1, -0.05) is 0 Å². The number of nitrogen functional groups attached to an aromatic ring is 1. The first-order valence-corrected chi connectivity index (χ1v) is 5.74. The lowest BCUT2D eigenvalue weighted by Crippen LogP contribution is -2.03. The van der Waals surface area contributed by atoms with Crippen LogP contribution in [-0.2, 0) is 0 Å². The fraction of sp³-hybridized carbons (Fsp3) is 0. The predicted octanol–water partition coefficient (Wildman–Crippen LogP) is 2.19. The molecule has 8 heteroatoms. The summed E-state index contributed by atoms with van der Waals surface area (Å²) < 4.78 is 0. The van der Waals surface area contributed by atoms with Crippen molar-refractivity contribution in [1.82, 2.24) is 15.0 Å². The highest BCUT2D eigenvalue weighted by molar-refractivity contribution is 5.83. The molecule has 4 N–H and O–H groups in total. The van der Waals surface area contributed by atoms with E-state index >= 15 is 0 Å². The number of benzene rings is 1. The number of nitrogens with one attached hydrogen (secondary N) is 2. The van der Waals surface area contributed by atoms with Crippen LogP contribution in [0.5, 0.6) is 0 Å². The molecule has 2 aromatic heterocycles. The number of rotatable bonds is 3. The lowest BCUT2D eigenvalue weighted by molar-refractivity contribution is -0.384. The molecule has 0 atom stereocenters. The second-order valence-corrected chi connectivity index (χ2v) is 4.13. The first kappa shape index (κ1) is 11.9. The van der Waals surface area contributed by atoms with Crippen LogP contribution in [-0.4, -0.2) is 19.9 Å². The Balaban J connectivity index is 1.90. The van der Waals surface area contributed by atoms with Crippen molar-refractivity contribution in [3.63, 3.8) is 0 Å². The van der Waals surface area contributed by atoms with Crippen molar-refractivity contribution in [3.8, 4) is 0 Å². The number of H-pyrrole nitrogens is 1. The van der Waals surface area contributed by atoms with Gasteiger partial charge in [0.05, 0.1) is 4.92 Å². The maximum absolute atomic E-state index is 10.6. The van der Waals surface area contributed by atoms with Crippen LogP contribution in [0.1, 0.15) is 0 Å². The highest BCUT2D eigenvalue weighted by Gasteiger charge is 2.14. The Hall–Kier alpha value is -3.16. The molecule has 0 amide bonds. The quantitative estimate of drug-likeness (QED) is 0.495. The van der Waals surface area contributed by atoms with E-state index in [1.807, 2.05) is 30.5 Å². The summed E-state index contributed by atoms with van der Waals surface area (Å²) in [5, 5.41) is 14.6. The Morgan fingerprint density at radius 3 is 2.95 bits per heavy atom. The van der Waals surface area contributed by atoms with Crippen molar-refractivity contribution < 1.29 is 4.92 Å². The van der Waals surface area contributed by atoms with E-state index in [4.69, 9.17) is 5.73 Å². The molecule has 0 saturated carbocycles. The number of nitrogens with zero attached hydrogens (tertiary/aromatic N) is 3. The molecule has 0 aliphatic rings. The molecule has 1 aromatic carbocycles. The molecule has 3 rings (SSSR count). The monoisotopic (exact) mass is 270 g/mol. The van der Waals surface area contributed by atoms with Gasteiger partial charge >= 0.3 is 5.69 Å². The Kier molecular flexibility index (Phi) is 2.68. The maximum atomic E-state index is 10.6. The number of nitrogens with two attached hydrogens (primary N) is 1. The average Bonchev–Trinajstić information content (AvgIpc) is 2.85. The standard InChI is InChI=1S/C12H10N6O2/c13-11-10(18(19)20)6-15-12(17-11)16-8-1-2-9-7(5-8)3-4-14-9/h1-6,14H,(H3,13,15,16,17). The molecule has 0 saturated heterocycles. The van der Waals surface area contributed by atoms with E-state index in [1.165, 1.54) is 0 Å². The maximum Gasteiger partial charge on any atom is 0.329 e. The zero-order valence-corrected chi connectivity index (χ0v) is 10.2. The molecule has 0 aliphatic heterocycles. The molecule has 0 unspecified atom stereocenters. The lowest BCUT2D eigenvalue weighted by atomic mass is 10.2. The molecule has 0 bridgehead atoms. The second kappa shape index (κ2) is 4.50. The summed E-state index contributed by atoms with van der Waals surface area (Å²) in [7, 11) is 0. The molecule has 8 nitrogen and oxygen atoms in total. The van der Waals surface area contributed by atoms with Gasteiger partial charge in [0.1, 0.15) is 6.20 Å². The van der Waals surface area contributed by atoms with E-state index in [0.717, 1.165) is 22.8 Å². The first-order valence-electron chi connectivity index (χ1n) is 5.74. The minimum Gasteiger partial charge on any atom is -0.378 e. The van der Waals surface area contributed by atoms with Crippen LogP contribution in [0.25, 0.3) is 10.9 Å². The summed E-state index contributed by atoms with van der Waals surface area (Å²) in [5.41, 5.74) is 6.99. The number of hydrogen-bond acceptors (Lipinski definition) is 6. The number of aromatic nitrogens is 3. The fourth-order valence-electron chi connectivity index (χ4n) is 1.85. The van der Waals surface area contributed by atoms with Crippen LogP contribution in [0.2, 0.25) is 0 Å². The molecule has 100 valence electrons. The van der Waals surface area contributed by atoms with Crippen LogP contribution in [0.4, 0.5) is 23.1 Å². The molecule has 0 spiro atoms. The van der Waals surface area contributed by atoms with Crippen molar-refractivity contribution in [3.05, 3.63) is 46.8 Å². The topological polar surface area (TPSA) is 123 Å². The highest BCUT2D eigenvalue weighted by Crippen LogP contribution is 2.22. The van der Waals surface area contributed by atoms with E-state index in [-0.39, 0.29) is 17.5 Å². The SMILES string of the molecule is Nc1nc(Nc2ccc3[nH]ccc3c2)ncc1[N+](=O)[O-]. The van der Waals surface area contributed by atoms with E-state index in [2.05, 4.69) is 20.3 Å². The average molecular weight is 270 g/mol. The van der Waals surface area contributed by atoms with Crippen molar-refractivity contribution in [2.45, 2.75) is 0 Å². The summed E-state index contributed by atoms with van der Waals surface area (Å²) in [5.74, 6) is 0.0400. The normalized spacial score (nSPS) is 10.6. The number of aromatic amines is 1. The number of anilines is 3. The van der Waals surface area contributed by atoms with Crippen molar-refractivity contribution in [2.75, 3.05) is 11.1 Å². The van der Waals surface area contributed by atoms with Crippen LogP contribution in [0.3, 0.4) is 0 Å². The second-order valence-electron chi connectivity index (χ2n) is 4.13. The smallest absolute Gasteiger partial charge is 0.329 e. The molecule has 0 aliphatic carbocycles. The largest absolute Gasteiger partial charge is 0.378 e. The molecule has 0 radical (unpaired) electrons. The third kappa shape index (κ3) is 2.09. The summed E-state index contributed by atoms with van der Waals surface area (Å²) >= 11 is 0. The van der Waals surface area contributed by atoms with Gasteiger partial charge in [0, 0.05) is 22.8 Å². The number of hydrogen-bond donors (Lipinski definition) is 3. The van der Waals surface area contributed by atoms with E-state index in [1.54, 1.807) is 0 Å². The zero-order chi connectivity index (χ0) is 14.1. The van der Waals surface area contributed by atoms with Gasteiger partial charge in [-0.25, -0.2) is 4.98 Å². The number of nitro groups is 1. The van der Waals surface area contributed by atoms with E-state index in [9.17, 15) is 10.1 Å². The summed E-state index contributed by atoms with van der Waals surface area (Å²) in [6.07, 6.45) is 2.92. The van der Waals surface area contributed by atoms with Crippen LogP contribution >= 0.6 is 0 Å². The Morgan fingerprint density at radius 2 is 2.20 bits per heavy atom.